The number of nitrogens with zero attached hydrogens (tertiary/aromatic N) is 1. The molecule has 0 saturated carbocycles. The largest absolute Gasteiger partial charge is 0.310 e. The minimum atomic E-state index is -0.220. The smallest absolute Gasteiger partial charge is 0.131 e. The van der Waals surface area contributed by atoms with Crippen LogP contribution in [0.5, 0.6) is 0 Å². The van der Waals surface area contributed by atoms with E-state index in [0.29, 0.717) is 5.39 Å². The predicted octanol–water partition coefficient (Wildman–Crippen LogP) is 15.4. The van der Waals surface area contributed by atoms with Crippen LogP contribution < -0.4 is 4.90 Å². The van der Waals surface area contributed by atoms with E-state index in [9.17, 15) is 0 Å². The molecule has 0 N–H and O–H groups in total. The summed E-state index contributed by atoms with van der Waals surface area (Å²) in [5, 5.41) is 6.33. The average Bonchev–Trinajstić information content (AvgIpc) is 3.27. The molecule has 0 heterocycles. The predicted molar refractivity (Wildman–Crippen MR) is 235 cm³/mol. The van der Waals surface area contributed by atoms with Gasteiger partial charge in [0.05, 0.1) is 5.69 Å². The first kappa shape index (κ1) is 33.3. The fraction of sp³-hybridized carbons (Fsp3) is 0. The molecule has 0 amide bonds. The standard InChI is InChI=1S/C54H36FN/c55-52-34-32-48(54-47(20-11-21-51(52)54)40-15-5-2-6-16-40)41-26-30-45(31-27-41)56(44-28-24-39(25-29-44)37-12-3-1-4-13-37)53-35-33-46(49-18-9-10-19-50(49)53)43-23-22-38-14-7-8-17-42(38)36-43/h1-36H. The Hall–Kier alpha value is -7.29. The summed E-state index contributed by atoms with van der Waals surface area (Å²) >= 11 is 0. The van der Waals surface area contributed by atoms with Crippen LogP contribution in [0.2, 0.25) is 0 Å². The van der Waals surface area contributed by atoms with Gasteiger partial charge in [0, 0.05) is 27.5 Å². The highest BCUT2D eigenvalue weighted by atomic mass is 19.1. The van der Waals surface area contributed by atoms with Crippen LogP contribution in [0.1, 0.15) is 0 Å². The van der Waals surface area contributed by atoms with Gasteiger partial charge in [0.15, 0.2) is 0 Å². The lowest BCUT2D eigenvalue weighted by atomic mass is 9.91. The molecule has 0 bridgehead atoms. The Morgan fingerprint density at radius 2 is 0.821 bits per heavy atom. The molecular formula is C54H36FN. The minimum absolute atomic E-state index is 0.220. The van der Waals surface area contributed by atoms with Gasteiger partial charge in [-0.05, 0) is 103 Å². The highest BCUT2D eigenvalue weighted by Gasteiger charge is 2.19. The number of hydrogen-bond donors (Lipinski definition) is 0. The zero-order chi connectivity index (χ0) is 37.4. The molecular weight excluding hydrogens is 682 g/mol. The third-order valence-corrected chi connectivity index (χ3v) is 10.9. The van der Waals surface area contributed by atoms with Crippen molar-refractivity contribution >= 4 is 49.4 Å². The lowest BCUT2D eigenvalue weighted by Gasteiger charge is -2.28. The number of anilines is 3. The zero-order valence-electron chi connectivity index (χ0n) is 30.6. The van der Waals surface area contributed by atoms with Gasteiger partial charge in [-0.1, -0.05) is 176 Å². The van der Waals surface area contributed by atoms with Gasteiger partial charge in [-0.2, -0.15) is 0 Å². The first-order valence-electron chi connectivity index (χ1n) is 19.0. The van der Waals surface area contributed by atoms with E-state index in [0.717, 1.165) is 50.1 Å². The van der Waals surface area contributed by atoms with Gasteiger partial charge < -0.3 is 4.90 Å². The maximum atomic E-state index is 15.4. The number of benzene rings is 10. The Morgan fingerprint density at radius 1 is 0.304 bits per heavy atom. The molecule has 0 aliphatic carbocycles. The summed E-state index contributed by atoms with van der Waals surface area (Å²) in [6, 6.07) is 76.1. The van der Waals surface area contributed by atoms with E-state index in [1.54, 1.807) is 6.07 Å². The third kappa shape index (κ3) is 5.98. The number of rotatable bonds is 7. The molecule has 0 saturated heterocycles. The van der Waals surface area contributed by atoms with Crippen molar-refractivity contribution in [2.45, 2.75) is 0 Å². The van der Waals surface area contributed by atoms with Gasteiger partial charge in [0.1, 0.15) is 5.82 Å². The molecule has 56 heavy (non-hydrogen) atoms. The van der Waals surface area contributed by atoms with Crippen LogP contribution in [0, 0.1) is 5.82 Å². The van der Waals surface area contributed by atoms with Crippen LogP contribution in [-0.4, -0.2) is 0 Å². The normalized spacial score (nSPS) is 11.3. The molecule has 0 radical (unpaired) electrons. The average molecular weight is 718 g/mol. The second kappa shape index (κ2) is 14.2. The van der Waals surface area contributed by atoms with Crippen molar-refractivity contribution in [3.63, 3.8) is 0 Å². The van der Waals surface area contributed by atoms with Crippen molar-refractivity contribution in [1.29, 1.82) is 0 Å². The Morgan fingerprint density at radius 3 is 1.55 bits per heavy atom. The van der Waals surface area contributed by atoms with Gasteiger partial charge in [0.25, 0.3) is 0 Å². The van der Waals surface area contributed by atoms with Crippen LogP contribution >= 0.6 is 0 Å². The van der Waals surface area contributed by atoms with Crippen molar-refractivity contribution in [2.75, 3.05) is 4.90 Å². The summed E-state index contributed by atoms with van der Waals surface area (Å²) in [5.41, 5.74) is 12.0. The lowest BCUT2D eigenvalue weighted by Crippen LogP contribution is -2.10. The second-order valence-corrected chi connectivity index (χ2v) is 14.2. The molecule has 264 valence electrons. The zero-order valence-corrected chi connectivity index (χ0v) is 30.6. The molecule has 0 aliphatic rings. The van der Waals surface area contributed by atoms with Gasteiger partial charge >= 0.3 is 0 Å². The third-order valence-electron chi connectivity index (χ3n) is 10.9. The molecule has 1 nitrogen and oxygen atoms in total. The fourth-order valence-electron chi connectivity index (χ4n) is 8.21. The summed E-state index contributed by atoms with van der Waals surface area (Å²) in [7, 11) is 0. The second-order valence-electron chi connectivity index (χ2n) is 14.2. The maximum Gasteiger partial charge on any atom is 0.131 e. The molecule has 0 aliphatic heterocycles. The monoisotopic (exact) mass is 717 g/mol. The van der Waals surface area contributed by atoms with E-state index >= 15 is 4.39 Å². The Kier molecular flexibility index (Phi) is 8.42. The molecule has 10 aromatic carbocycles. The van der Waals surface area contributed by atoms with E-state index in [1.807, 2.05) is 42.5 Å². The first-order valence-corrected chi connectivity index (χ1v) is 19.0. The van der Waals surface area contributed by atoms with E-state index in [-0.39, 0.29) is 5.82 Å². The first-order chi connectivity index (χ1) is 27.7. The number of halogens is 1. The van der Waals surface area contributed by atoms with Crippen LogP contribution in [0.3, 0.4) is 0 Å². The summed E-state index contributed by atoms with van der Waals surface area (Å²) in [4.78, 5) is 2.35. The van der Waals surface area contributed by atoms with Crippen molar-refractivity contribution in [2.24, 2.45) is 0 Å². The number of fused-ring (bicyclic) bond motifs is 3. The summed E-state index contributed by atoms with van der Waals surface area (Å²) in [6.07, 6.45) is 0. The topological polar surface area (TPSA) is 3.24 Å². The highest BCUT2D eigenvalue weighted by molar-refractivity contribution is 6.08. The van der Waals surface area contributed by atoms with Gasteiger partial charge in [-0.25, -0.2) is 4.39 Å². The molecule has 10 rings (SSSR count). The van der Waals surface area contributed by atoms with Crippen LogP contribution in [0.15, 0.2) is 218 Å². The van der Waals surface area contributed by atoms with Crippen LogP contribution in [0.4, 0.5) is 21.5 Å². The minimum Gasteiger partial charge on any atom is -0.310 e. The van der Waals surface area contributed by atoms with Crippen molar-refractivity contribution in [1.82, 2.24) is 0 Å². The van der Waals surface area contributed by atoms with Crippen molar-refractivity contribution in [3.8, 4) is 44.5 Å². The molecule has 0 spiro atoms. The van der Waals surface area contributed by atoms with Crippen LogP contribution in [-0.2, 0) is 0 Å². The van der Waals surface area contributed by atoms with E-state index in [4.69, 9.17) is 0 Å². The number of hydrogen-bond acceptors (Lipinski definition) is 1. The van der Waals surface area contributed by atoms with Gasteiger partial charge in [-0.15, -0.1) is 0 Å². The highest BCUT2D eigenvalue weighted by Crippen LogP contribution is 2.44. The van der Waals surface area contributed by atoms with E-state index in [2.05, 4.69) is 175 Å². The molecule has 0 fully saturated rings. The Bertz CT molecular complexity index is 3010. The van der Waals surface area contributed by atoms with Gasteiger partial charge in [-0.3, -0.25) is 0 Å². The molecule has 0 unspecified atom stereocenters. The molecule has 2 heteroatoms. The summed E-state index contributed by atoms with van der Waals surface area (Å²) < 4.78 is 15.4. The fourth-order valence-corrected chi connectivity index (χ4v) is 8.21. The molecule has 10 aromatic rings. The molecule has 0 aromatic heterocycles. The van der Waals surface area contributed by atoms with E-state index in [1.165, 1.54) is 38.4 Å². The Labute approximate surface area is 326 Å². The van der Waals surface area contributed by atoms with E-state index < -0.39 is 0 Å². The Balaban J connectivity index is 1.13. The molecule has 0 atom stereocenters. The quantitative estimate of drug-likeness (QED) is 0.159. The summed E-state index contributed by atoms with van der Waals surface area (Å²) in [5.74, 6) is -0.220. The van der Waals surface area contributed by atoms with Crippen molar-refractivity contribution < 1.29 is 4.39 Å². The maximum absolute atomic E-state index is 15.4. The SMILES string of the molecule is Fc1ccc(-c2ccc(N(c3ccc(-c4ccccc4)cc3)c3ccc(-c4ccc5ccccc5c4)c4ccccc34)cc2)c2c(-c3ccccc3)cccc12. The van der Waals surface area contributed by atoms with Gasteiger partial charge in [0.2, 0.25) is 0 Å². The van der Waals surface area contributed by atoms with Crippen LogP contribution in [0.25, 0.3) is 76.8 Å². The van der Waals surface area contributed by atoms with Crippen molar-refractivity contribution in [3.05, 3.63) is 224 Å². The summed E-state index contributed by atoms with van der Waals surface area (Å²) in [6.45, 7) is 0. The lowest BCUT2D eigenvalue weighted by molar-refractivity contribution is 0.640.